The Morgan fingerprint density at radius 1 is 1.40 bits per heavy atom. The van der Waals surface area contributed by atoms with E-state index < -0.39 is 11.9 Å². The number of rotatable bonds is 4. The molecule has 1 aromatic heterocycles. The Kier molecular flexibility index (Phi) is 3.77. The lowest BCUT2D eigenvalue weighted by Gasteiger charge is -2.08. The van der Waals surface area contributed by atoms with Gasteiger partial charge < -0.3 is 5.11 Å². The highest BCUT2D eigenvalue weighted by atomic mass is 16.4. The van der Waals surface area contributed by atoms with Gasteiger partial charge in [0.25, 0.3) is 0 Å². The van der Waals surface area contributed by atoms with Crippen molar-refractivity contribution in [1.82, 2.24) is 9.97 Å². The third-order valence-corrected chi connectivity index (χ3v) is 2.18. The van der Waals surface area contributed by atoms with Gasteiger partial charge in [-0.05, 0) is 25.3 Å². The van der Waals surface area contributed by atoms with Crippen molar-refractivity contribution in [3.05, 3.63) is 23.8 Å². The van der Waals surface area contributed by atoms with Crippen LogP contribution in [0.2, 0.25) is 0 Å². The maximum absolute atomic E-state index is 10.8. The van der Waals surface area contributed by atoms with Crippen LogP contribution in [0.15, 0.2) is 12.4 Å². The Hall–Kier alpha value is -1.45. The van der Waals surface area contributed by atoms with Gasteiger partial charge in [0.05, 0.1) is 11.6 Å². The van der Waals surface area contributed by atoms with E-state index in [0.717, 1.165) is 12.1 Å². The molecule has 0 saturated heterocycles. The first kappa shape index (κ1) is 11.6. The molecule has 1 rings (SSSR count). The molecule has 0 aromatic carbocycles. The van der Waals surface area contributed by atoms with Crippen molar-refractivity contribution >= 4 is 5.97 Å². The highest BCUT2D eigenvalue weighted by molar-refractivity contribution is 5.74. The van der Waals surface area contributed by atoms with Gasteiger partial charge in [-0.3, -0.25) is 4.79 Å². The third kappa shape index (κ3) is 3.31. The third-order valence-electron chi connectivity index (χ3n) is 2.18. The van der Waals surface area contributed by atoms with Crippen LogP contribution in [-0.4, -0.2) is 21.0 Å². The molecule has 1 aromatic rings. The lowest BCUT2D eigenvalue weighted by Crippen LogP contribution is -2.10. The summed E-state index contributed by atoms with van der Waals surface area (Å²) in [6, 6.07) is 1.78. The van der Waals surface area contributed by atoms with Crippen LogP contribution in [-0.2, 0) is 11.2 Å². The summed E-state index contributed by atoms with van der Waals surface area (Å²) in [5.41, 5.74) is 1.48. The molecular formula is C11H16N2O2. The molecule has 0 aliphatic rings. The Labute approximate surface area is 89.4 Å². The second-order valence-electron chi connectivity index (χ2n) is 4.09. The van der Waals surface area contributed by atoms with Crippen LogP contribution >= 0.6 is 0 Å². The molecule has 1 heterocycles. The standard InChI is InChI=1S/C11H16N2O2/c1-7(2)4-9-5-10(13-6-12-9)8(3)11(14)15/h5-8H,4H2,1-3H3,(H,14,15). The fourth-order valence-corrected chi connectivity index (χ4v) is 1.31. The molecule has 1 atom stereocenters. The first-order valence-corrected chi connectivity index (χ1v) is 5.04. The van der Waals surface area contributed by atoms with Gasteiger partial charge in [0.2, 0.25) is 0 Å². The Balaban J connectivity index is 2.87. The zero-order valence-electron chi connectivity index (χ0n) is 9.27. The number of hydrogen-bond donors (Lipinski definition) is 1. The summed E-state index contributed by atoms with van der Waals surface area (Å²) >= 11 is 0. The van der Waals surface area contributed by atoms with Gasteiger partial charge in [0.1, 0.15) is 6.33 Å². The zero-order valence-corrected chi connectivity index (χ0v) is 9.27. The van der Waals surface area contributed by atoms with E-state index in [1.807, 2.05) is 0 Å². The van der Waals surface area contributed by atoms with E-state index in [-0.39, 0.29) is 0 Å². The first-order chi connectivity index (χ1) is 7.00. The van der Waals surface area contributed by atoms with Gasteiger partial charge >= 0.3 is 5.97 Å². The number of carboxylic acids is 1. The van der Waals surface area contributed by atoms with E-state index in [0.29, 0.717) is 11.6 Å². The summed E-state index contributed by atoms with van der Waals surface area (Å²) in [5.74, 6) is -0.920. The molecule has 0 amide bonds. The Morgan fingerprint density at radius 2 is 2.07 bits per heavy atom. The largest absolute Gasteiger partial charge is 0.481 e. The molecule has 1 unspecified atom stereocenters. The average Bonchev–Trinajstić information content (AvgIpc) is 2.16. The van der Waals surface area contributed by atoms with Gasteiger partial charge in [0.15, 0.2) is 0 Å². The quantitative estimate of drug-likeness (QED) is 0.820. The van der Waals surface area contributed by atoms with Gasteiger partial charge in [-0.25, -0.2) is 9.97 Å². The van der Waals surface area contributed by atoms with Crippen LogP contribution < -0.4 is 0 Å². The summed E-state index contributed by atoms with van der Waals surface area (Å²) in [4.78, 5) is 18.9. The molecule has 0 aliphatic carbocycles. The number of aromatic nitrogens is 2. The number of carbonyl (C=O) groups is 1. The fourth-order valence-electron chi connectivity index (χ4n) is 1.31. The second kappa shape index (κ2) is 4.87. The van der Waals surface area contributed by atoms with Crippen LogP contribution in [0.25, 0.3) is 0 Å². The number of aliphatic carboxylic acids is 1. The smallest absolute Gasteiger partial charge is 0.312 e. The molecule has 0 spiro atoms. The van der Waals surface area contributed by atoms with Crippen molar-refractivity contribution in [2.24, 2.45) is 5.92 Å². The molecule has 4 nitrogen and oxygen atoms in total. The summed E-state index contributed by atoms with van der Waals surface area (Å²) in [6.45, 7) is 5.83. The minimum atomic E-state index is -0.857. The maximum Gasteiger partial charge on any atom is 0.312 e. The minimum absolute atomic E-state index is 0.507. The Morgan fingerprint density at radius 3 is 2.60 bits per heavy atom. The molecule has 15 heavy (non-hydrogen) atoms. The molecule has 0 aliphatic heterocycles. The second-order valence-corrected chi connectivity index (χ2v) is 4.09. The number of carboxylic acid groups (broad SMARTS) is 1. The molecule has 0 saturated carbocycles. The molecule has 82 valence electrons. The van der Waals surface area contributed by atoms with Crippen LogP contribution in [0.5, 0.6) is 0 Å². The van der Waals surface area contributed by atoms with Crippen LogP contribution in [0, 0.1) is 5.92 Å². The van der Waals surface area contributed by atoms with Crippen LogP contribution in [0.4, 0.5) is 0 Å². The van der Waals surface area contributed by atoms with Gasteiger partial charge in [-0.1, -0.05) is 13.8 Å². The zero-order chi connectivity index (χ0) is 11.4. The van der Waals surface area contributed by atoms with Crippen molar-refractivity contribution in [2.75, 3.05) is 0 Å². The fraction of sp³-hybridized carbons (Fsp3) is 0.545. The molecule has 4 heteroatoms. The van der Waals surface area contributed by atoms with E-state index in [1.165, 1.54) is 6.33 Å². The SMILES string of the molecule is CC(C)Cc1cc(C(C)C(=O)O)ncn1. The predicted octanol–water partition coefficient (Wildman–Crippen LogP) is 1.86. The highest BCUT2D eigenvalue weighted by Gasteiger charge is 2.15. The molecule has 1 N–H and O–H groups in total. The monoisotopic (exact) mass is 208 g/mol. The molecule has 0 fully saturated rings. The summed E-state index contributed by atoms with van der Waals surface area (Å²) in [7, 11) is 0. The minimum Gasteiger partial charge on any atom is -0.481 e. The van der Waals surface area contributed by atoms with Crippen LogP contribution in [0.1, 0.15) is 38.1 Å². The number of nitrogens with zero attached hydrogens (tertiary/aromatic N) is 2. The van der Waals surface area contributed by atoms with Gasteiger partial charge in [-0.15, -0.1) is 0 Å². The van der Waals surface area contributed by atoms with E-state index in [9.17, 15) is 4.79 Å². The van der Waals surface area contributed by atoms with E-state index in [1.54, 1.807) is 13.0 Å². The normalized spacial score (nSPS) is 12.8. The van der Waals surface area contributed by atoms with Crippen molar-refractivity contribution < 1.29 is 9.90 Å². The maximum atomic E-state index is 10.8. The average molecular weight is 208 g/mol. The van der Waals surface area contributed by atoms with E-state index >= 15 is 0 Å². The summed E-state index contributed by atoms with van der Waals surface area (Å²) in [6.07, 6.45) is 2.29. The predicted molar refractivity (Wildman–Crippen MR) is 56.6 cm³/mol. The van der Waals surface area contributed by atoms with Crippen molar-refractivity contribution in [1.29, 1.82) is 0 Å². The van der Waals surface area contributed by atoms with E-state index in [2.05, 4.69) is 23.8 Å². The highest BCUT2D eigenvalue weighted by Crippen LogP contribution is 2.14. The topological polar surface area (TPSA) is 63.1 Å². The molecular weight excluding hydrogens is 192 g/mol. The van der Waals surface area contributed by atoms with Gasteiger partial charge in [-0.2, -0.15) is 0 Å². The summed E-state index contributed by atoms with van der Waals surface area (Å²) in [5, 5.41) is 8.85. The molecule has 0 radical (unpaired) electrons. The molecule has 0 bridgehead atoms. The van der Waals surface area contributed by atoms with Gasteiger partial charge in [0, 0.05) is 5.69 Å². The lowest BCUT2D eigenvalue weighted by atomic mass is 10.0. The summed E-state index contributed by atoms with van der Waals surface area (Å²) < 4.78 is 0. The first-order valence-electron chi connectivity index (χ1n) is 5.04. The van der Waals surface area contributed by atoms with Crippen LogP contribution in [0.3, 0.4) is 0 Å². The Bertz CT molecular complexity index is 350. The van der Waals surface area contributed by atoms with Crippen molar-refractivity contribution in [2.45, 2.75) is 33.1 Å². The van der Waals surface area contributed by atoms with Crippen molar-refractivity contribution in [3.63, 3.8) is 0 Å². The van der Waals surface area contributed by atoms with E-state index in [4.69, 9.17) is 5.11 Å². The van der Waals surface area contributed by atoms with Crippen molar-refractivity contribution in [3.8, 4) is 0 Å². The lowest BCUT2D eigenvalue weighted by molar-refractivity contribution is -0.138. The number of hydrogen-bond acceptors (Lipinski definition) is 3.